The van der Waals surface area contributed by atoms with Crippen molar-refractivity contribution in [1.29, 1.82) is 0 Å². The maximum atomic E-state index is 9.42. The van der Waals surface area contributed by atoms with Crippen LogP contribution in [-0.4, -0.2) is 99.2 Å². The number of methoxy groups -OCH3 is 2. The molecule has 10 rings (SSSR count). The number of likely N-dealkylation sites (N-methyl/N-ethyl adjacent to an activating group) is 1. The van der Waals surface area contributed by atoms with Crippen molar-refractivity contribution in [2.75, 3.05) is 93.8 Å². The lowest BCUT2D eigenvalue weighted by Crippen LogP contribution is -2.34. The van der Waals surface area contributed by atoms with Gasteiger partial charge in [-0.15, -0.1) is 12.4 Å². The molecule has 4 fully saturated rings. The molecule has 2 aliphatic heterocycles. The van der Waals surface area contributed by atoms with Gasteiger partial charge in [-0.1, -0.05) is 43.3 Å². The van der Waals surface area contributed by atoms with E-state index in [1.54, 1.807) is 14.2 Å². The summed E-state index contributed by atoms with van der Waals surface area (Å²) in [6.07, 6.45) is 10.3. The van der Waals surface area contributed by atoms with Gasteiger partial charge >= 0.3 is 0 Å². The zero-order valence-corrected chi connectivity index (χ0v) is 41.6. The largest absolute Gasteiger partial charge is 0.496 e. The average molecular weight is 928 g/mol. The van der Waals surface area contributed by atoms with Crippen molar-refractivity contribution in [3.8, 4) is 11.5 Å². The second kappa shape index (κ2) is 21.3. The molecule has 2 aliphatic carbocycles. The van der Waals surface area contributed by atoms with Crippen LogP contribution in [0.2, 0.25) is 0 Å². The van der Waals surface area contributed by atoms with Crippen LogP contribution < -0.4 is 29.1 Å². The second-order valence-corrected chi connectivity index (χ2v) is 19.3. The summed E-state index contributed by atoms with van der Waals surface area (Å²) in [6.45, 7) is 12.3. The summed E-state index contributed by atoms with van der Waals surface area (Å²) in [5.41, 5.74) is 9.62. The second-order valence-electron chi connectivity index (χ2n) is 19.3. The molecule has 67 heavy (non-hydrogen) atoms. The first-order valence-electron chi connectivity index (χ1n) is 24.6. The first-order chi connectivity index (χ1) is 32.2. The van der Waals surface area contributed by atoms with Crippen molar-refractivity contribution < 1.29 is 14.6 Å². The van der Waals surface area contributed by atoms with E-state index in [2.05, 4.69) is 114 Å². The third-order valence-electron chi connectivity index (χ3n) is 14.5. The van der Waals surface area contributed by atoms with Crippen molar-refractivity contribution in [3.05, 3.63) is 107 Å². The minimum Gasteiger partial charge on any atom is -0.496 e. The molecule has 6 aromatic rings. The number of aliphatic hydroxyl groups excluding tert-OH is 1. The molecule has 2 aromatic heterocycles. The molecule has 4 heterocycles. The number of piperidine rings is 2. The minimum atomic E-state index is 0. The highest BCUT2D eigenvalue weighted by molar-refractivity contribution is 5.95. The number of para-hydroxylation sites is 2. The van der Waals surface area contributed by atoms with Gasteiger partial charge in [0.25, 0.3) is 0 Å². The number of rotatable bonds is 14. The van der Waals surface area contributed by atoms with Crippen LogP contribution in [0.1, 0.15) is 122 Å². The van der Waals surface area contributed by atoms with Gasteiger partial charge in [0.15, 0.2) is 0 Å². The molecule has 4 aromatic carbocycles. The van der Waals surface area contributed by atoms with E-state index in [9.17, 15) is 5.11 Å². The highest BCUT2D eigenvalue weighted by Crippen LogP contribution is 2.44. The van der Waals surface area contributed by atoms with E-state index in [0.29, 0.717) is 30.2 Å². The number of aromatic nitrogens is 4. The lowest BCUT2D eigenvalue weighted by Gasteiger charge is -2.34. The number of hydrogen-bond donors (Lipinski definition) is 1. The predicted octanol–water partition coefficient (Wildman–Crippen LogP) is 11.1. The van der Waals surface area contributed by atoms with Gasteiger partial charge in [-0.3, -0.25) is 0 Å². The summed E-state index contributed by atoms with van der Waals surface area (Å²) in [5.74, 6) is 8.34. The van der Waals surface area contributed by atoms with Gasteiger partial charge in [-0.05, 0) is 142 Å². The predicted molar refractivity (Wildman–Crippen MR) is 278 cm³/mol. The number of aryl methyl sites for hydroxylation is 2. The summed E-state index contributed by atoms with van der Waals surface area (Å²) in [6, 6.07) is 25.9. The fourth-order valence-corrected chi connectivity index (χ4v) is 10.3. The molecule has 12 heteroatoms. The van der Waals surface area contributed by atoms with Gasteiger partial charge < -0.3 is 34.2 Å². The summed E-state index contributed by atoms with van der Waals surface area (Å²) in [7, 11) is 7.74. The van der Waals surface area contributed by atoms with Gasteiger partial charge in [0.2, 0.25) is 0 Å². The summed E-state index contributed by atoms with van der Waals surface area (Å²) in [4.78, 5) is 29.8. The first-order valence-corrected chi connectivity index (χ1v) is 24.6. The van der Waals surface area contributed by atoms with Crippen LogP contribution in [0.5, 0.6) is 11.5 Å². The van der Waals surface area contributed by atoms with Crippen molar-refractivity contribution in [2.24, 2.45) is 0 Å². The first kappa shape index (κ1) is 48.1. The Labute approximate surface area is 404 Å². The number of aliphatic hydroxyl groups is 1. The average Bonchev–Trinajstić information content (AvgIpc) is 4.30. The van der Waals surface area contributed by atoms with Crippen LogP contribution in [-0.2, 0) is 0 Å². The zero-order chi connectivity index (χ0) is 45.9. The Kier molecular flexibility index (Phi) is 15.3. The molecular weight excluding hydrogens is 856 g/mol. The lowest BCUT2D eigenvalue weighted by molar-refractivity contribution is 0.304. The smallest absolute Gasteiger partial charge is 0.140 e. The van der Waals surface area contributed by atoms with E-state index in [4.69, 9.17) is 29.4 Å². The quantitative estimate of drug-likeness (QED) is 0.113. The fourth-order valence-electron chi connectivity index (χ4n) is 10.3. The molecule has 4 aliphatic rings. The zero-order valence-electron chi connectivity index (χ0n) is 40.8. The minimum absolute atomic E-state index is 0. The van der Waals surface area contributed by atoms with Gasteiger partial charge in [-0.2, -0.15) is 0 Å². The van der Waals surface area contributed by atoms with Crippen molar-refractivity contribution in [1.82, 2.24) is 19.9 Å². The van der Waals surface area contributed by atoms with Crippen LogP contribution in [0, 0.1) is 13.8 Å². The standard InChI is InChI=1S/C28H36N4O.C27H34N4O2.ClH/c1-5-14-31(3)22-17-19(2)26-24(18-22)28(30-27(29-26)21-10-11-21)32-15-12-20(13-16-32)23-8-6-7-9-25(23)33-4;1-18-16-21(30(2)14-15-32)17-23-25(18)28-26(20-8-9-20)29-27(23)31-12-10-19(11-13-31)22-6-4-5-7-24(22)33-3;/h6-9,17-18,20-21H,5,10-16H2,1-4H3;4-7,16-17,19-20,32H,8-15H2,1-3H3;1H. The Hall–Kier alpha value is -5.39. The SMILES string of the molecule is CCCN(C)c1cc(C)c2nc(C3CC3)nc(N3CCC(c4ccccc4OC)CC3)c2c1.COc1ccccc1C1CCN(c2nc(C3CC3)nc3c(C)cc(N(C)CCO)cc23)CC1.Cl. The molecule has 356 valence electrons. The number of nitrogens with zero attached hydrogens (tertiary/aromatic N) is 8. The Balaban J connectivity index is 0.000000179. The molecule has 0 atom stereocenters. The summed E-state index contributed by atoms with van der Waals surface area (Å²) in [5, 5.41) is 11.7. The molecule has 0 unspecified atom stereocenters. The molecule has 2 saturated heterocycles. The van der Waals surface area contributed by atoms with Gasteiger partial charge in [0.1, 0.15) is 34.8 Å². The number of hydrogen-bond acceptors (Lipinski definition) is 11. The normalized spacial score (nSPS) is 16.7. The Morgan fingerprint density at radius 3 is 1.34 bits per heavy atom. The third kappa shape index (κ3) is 10.5. The highest BCUT2D eigenvalue weighted by atomic mass is 35.5. The van der Waals surface area contributed by atoms with Crippen LogP contribution in [0.3, 0.4) is 0 Å². The topological polar surface area (TPSA) is 103 Å². The van der Waals surface area contributed by atoms with E-state index < -0.39 is 0 Å². The summed E-state index contributed by atoms with van der Waals surface area (Å²) < 4.78 is 11.3. The van der Waals surface area contributed by atoms with Crippen LogP contribution >= 0.6 is 12.4 Å². The maximum absolute atomic E-state index is 9.42. The maximum Gasteiger partial charge on any atom is 0.140 e. The summed E-state index contributed by atoms with van der Waals surface area (Å²) >= 11 is 0. The number of halogens is 1. The number of benzene rings is 4. The fraction of sp³-hybridized carbons (Fsp3) is 0.491. The van der Waals surface area contributed by atoms with Crippen LogP contribution in [0.15, 0.2) is 72.8 Å². The van der Waals surface area contributed by atoms with Crippen molar-refractivity contribution in [3.63, 3.8) is 0 Å². The van der Waals surface area contributed by atoms with Crippen molar-refractivity contribution in [2.45, 2.75) is 102 Å². The third-order valence-corrected chi connectivity index (χ3v) is 14.5. The Morgan fingerprint density at radius 1 is 0.567 bits per heavy atom. The molecule has 0 bridgehead atoms. The van der Waals surface area contributed by atoms with Crippen LogP contribution in [0.4, 0.5) is 23.0 Å². The molecule has 2 saturated carbocycles. The van der Waals surface area contributed by atoms with Gasteiger partial charge in [-0.25, -0.2) is 19.9 Å². The molecule has 0 amide bonds. The molecule has 0 radical (unpaired) electrons. The Bertz CT molecular complexity index is 2460. The van der Waals surface area contributed by atoms with Gasteiger partial charge in [0, 0.05) is 87.3 Å². The van der Waals surface area contributed by atoms with E-state index >= 15 is 0 Å². The van der Waals surface area contributed by atoms with E-state index in [-0.39, 0.29) is 19.0 Å². The monoisotopic (exact) mass is 927 g/mol. The Morgan fingerprint density at radius 2 is 0.970 bits per heavy atom. The lowest BCUT2D eigenvalue weighted by atomic mass is 9.88. The molecule has 0 spiro atoms. The number of anilines is 4. The van der Waals surface area contributed by atoms with E-state index in [0.717, 1.165) is 122 Å². The van der Waals surface area contributed by atoms with Gasteiger partial charge in [0.05, 0.1) is 31.9 Å². The van der Waals surface area contributed by atoms with E-state index in [1.165, 1.54) is 59.0 Å². The number of fused-ring (bicyclic) bond motifs is 2. The molecule has 1 N–H and O–H groups in total. The highest BCUT2D eigenvalue weighted by Gasteiger charge is 2.32. The molecular formula is C55H71ClN8O3. The van der Waals surface area contributed by atoms with E-state index in [1.807, 2.05) is 13.1 Å². The van der Waals surface area contributed by atoms with Crippen LogP contribution in [0.25, 0.3) is 21.8 Å². The van der Waals surface area contributed by atoms with Crippen molar-refractivity contribution >= 4 is 57.2 Å². The molecule has 11 nitrogen and oxygen atoms in total. The number of ether oxygens (including phenoxy) is 2.